The lowest BCUT2D eigenvalue weighted by Crippen LogP contribution is -1.93. The van der Waals surface area contributed by atoms with Crippen LogP contribution in [0, 0.1) is 0 Å². The minimum absolute atomic E-state index is 0.252. The molecule has 2 rings (SSSR count). The molecule has 1 N–H and O–H groups in total. The molecule has 2 aromatic rings. The monoisotopic (exact) mass is 214 g/mol. The van der Waals surface area contributed by atoms with E-state index in [0.29, 0.717) is 6.61 Å². The van der Waals surface area contributed by atoms with Gasteiger partial charge in [-0.25, -0.2) is 0 Å². The number of rotatable bonds is 3. The van der Waals surface area contributed by atoms with Crippen molar-refractivity contribution in [1.82, 2.24) is 0 Å². The second kappa shape index (κ2) is 4.71. The summed E-state index contributed by atoms with van der Waals surface area (Å²) >= 11 is 0. The summed E-state index contributed by atoms with van der Waals surface area (Å²) < 4.78 is 5.54. The minimum atomic E-state index is 0.252. The molecular formula is C14H14O2. The van der Waals surface area contributed by atoms with Crippen LogP contribution < -0.4 is 4.74 Å². The molecule has 0 unspecified atom stereocenters. The maximum Gasteiger partial charge on any atom is 0.127 e. The zero-order valence-electron chi connectivity index (χ0n) is 9.18. The molecule has 0 aromatic heterocycles. The fraction of sp³-hybridized carbons (Fsp3) is 0.143. The van der Waals surface area contributed by atoms with Crippen molar-refractivity contribution >= 4 is 0 Å². The Morgan fingerprint density at radius 1 is 1.06 bits per heavy atom. The molecule has 0 aliphatic rings. The molecule has 0 saturated heterocycles. The van der Waals surface area contributed by atoms with Crippen molar-refractivity contribution in [3.8, 4) is 22.6 Å². The Kier molecular flexibility index (Phi) is 3.10. The van der Waals surface area contributed by atoms with E-state index in [9.17, 15) is 5.11 Å². The van der Waals surface area contributed by atoms with Crippen molar-refractivity contribution in [1.29, 1.82) is 0 Å². The average molecular weight is 214 g/mol. The van der Waals surface area contributed by atoms with E-state index < -0.39 is 0 Å². The number of ether oxygens (including phenoxy) is 1. The standard InChI is InChI=1S/C14H14O2/c1-2-16-14-9-8-12(15)10-13(14)11-6-4-3-5-7-11/h3-10,15H,2H2,1H3. The van der Waals surface area contributed by atoms with Gasteiger partial charge in [-0.1, -0.05) is 30.3 Å². The summed E-state index contributed by atoms with van der Waals surface area (Å²) in [7, 11) is 0. The number of phenolic OH excluding ortho intramolecular Hbond substituents is 1. The predicted octanol–water partition coefficient (Wildman–Crippen LogP) is 3.46. The molecule has 16 heavy (non-hydrogen) atoms. The van der Waals surface area contributed by atoms with Gasteiger partial charge in [-0.3, -0.25) is 0 Å². The van der Waals surface area contributed by atoms with E-state index in [2.05, 4.69) is 0 Å². The molecule has 82 valence electrons. The summed E-state index contributed by atoms with van der Waals surface area (Å²) in [4.78, 5) is 0. The van der Waals surface area contributed by atoms with Crippen LogP contribution in [0.5, 0.6) is 11.5 Å². The second-order valence-corrected chi connectivity index (χ2v) is 3.48. The van der Waals surface area contributed by atoms with E-state index in [1.165, 1.54) is 0 Å². The molecule has 0 heterocycles. The van der Waals surface area contributed by atoms with Crippen LogP contribution in [0.25, 0.3) is 11.1 Å². The van der Waals surface area contributed by atoms with Crippen LogP contribution in [0.15, 0.2) is 48.5 Å². The number of phenols is 1. The van der Waals surface area contributed by atoms with E-state index >= 15 is 0 Å². The predicted molar refractivity (Wildman–Crippen MR) is 64.7 cm³/mol. The summed E-state index contributed by atoms with van der Waals surface area (Å²) in [6, 6.07) is 15.0. The van der Waals surface area contributed by atoms with Gasteiger partial charge in [0.05, 0.1) is 6.61 Å². The van der Waals surface area contributed by atoms with E-state index in [1.807, 2.05) is 37.3 Å². The highest BCUT2D eigenvalue weighted by molar-refractivity contribution is 5.71. The zero-order chi connectivity index (χ0) is 11.4. The highest BCUT2D eigenvalue weighted by atomic mass is 16.5. The molecule has 0 atom stereocenters. The van der Waals surface area contributed by atoms with Gasteiger partial charge in [0.2, 0.25) is 0 Å². The molecule has 0 saturated carbocycles. The Morgan fingerprint density at radius 3 is 2.50 bits per heavy atom. The van der Waals surface area contributed by atoms with Gasteiger partial charge in [0.25, 0.3) is 0 Å². The van der Waals surface area contributed by atoms with Crippen molar-refractivity contribution in [2.24, 2.45) is 0 Å². The second-order valence-electron chi connectivity index (χ2n) is 3.48. The normalized spacial score (nSPS) is 10.1. The van der Waals surface area contributed by atoms with Crippen molar-refractivity contribution < 1.29 is 9.84 Å². The largest absolute Gasteiger partial charge is 0.508 e. The van der Waals surface area contributed by atoms with Crippen LogP contribution in [0.3, 0.4) is 0 Å². The summed E-state index contributed by atoms with van der Waals surface area (Å²) in [5.74, 6) is 1.05. The highest BCUT2D eigenvalue weighted by Gasteiger charge is 2.06. The molecular weight excluding hydrogens is 200 g/mol. The van der Waals surface area contributed by atoms with E-state index in [1.54, 1.807) is 18.2 Å². The third-order valence-electron chi connectivity index (χ3n) is 2.35. The van der Waals surface area contributed by atoms with Gasteiger partial charge >= 0.3 is 0 Å². The minimum Gasteiger partial charge on any atom is -0.508 e. The molecule has 0 spiro atoms. The molecule has 0 fully saturated rings. The third-order valence-corrected chi connectivity index (χ3v) is 2.35. The first-order valence-electron chi connectivity index (χ1n) is 5.32. The van der Waals surface area contributed by atoms with E-state index in [0.717, 1.165) is 16.9 Å². The first kappa shape index (κ1) is 10.6. The van der Waals surface area contributed by atoms with Crippen molar-refractivity contribution in [2.45, 2.75) is 6.92 Å². The van der Waals surface area contributed by atoms with Gasteiger partial charge in [-0.05, 0) is 30.7 Å². The highest BCUT2D eigenvalue weighted by Crippen LogP contribution is 2.32. The SMILES string of the molecule is CCOc1ccc(O)cc1-c1ccccc1. The maximum atomic E-state index is 9.51. The molecule has 0 bridgehead atoms. The van der Waals surface area contributed by atoms with Gasteiger partial charge in [0.15, 0.2) is 0 Å². The van der Waals surface area contributed by atoms with Crippen LogP contribution >= 0.6 is 0 Å². The molecule has 0 aliphatic heterocycles. The van der Waals surface area contributed by atoms with Crippen LogP contribution in [-0.2, 0) is 0 Å². The lowest BCUT2D eigenvalue weighted by Gasteiger charge is -2.10. The molecule has 0 radical (unpaired) electrons. The van der Waals surface area contributed by atoms with Crippen LogP contribution in [0.2, 0.25) is 0 Å². The van der Waals surface area contributed by atoms with Gasteiger partial charge in [0.1, 0.15) is 11.5 Å². The van der Waals surface area contributed by atoms with Gasteiger partial charge in [-0.15, -0.1) is 0 Å². The van der Waals surface area contributed by atoms with Crippen LogP contribution in [0.1, 0.15) is 6.92 Å². The van der Waals surface area contributed by atoms with Gasteiger partial charge < -0.3 is 9.84 Å². The summed E-state index contributed by atoms with van der Waals surface area (Å²) in [6.07, 6.45) is 0. The number of aromatic hydroxyl groups is 1. The molecule has 0 aliphatic carbocycles. The van der Waals surface area contributed by atoms with Gasteiger partial charge in [-0.2, -0.15) is 0 Å². The van der Waals surface area contributed by atoms with E-state index in [4.69, 9.17) is 4.74 Å². The third kappa shape index (κ3) is 2.16. The van der Waals surface area contributed by atoms with Crippen LogP contribution in [0.4, 0.5) is 0 Å². The first-order chi connectivity index (χ1) is 7.81. The van der Waals surface area contributed by atoms with Gasteiger partial charge in [0, 0.05) is 5.56 Å². The number of hydrogen-bond donors (Lipinski definition) is 1. The Balaban J connectivity index is 2.49. The maximum absolute atomic E-state index is 9.51. The fourth-order valence-corrected chi connectivity index (χ4v) is 1.64. The van der Waals surface area contributed by atoms with Crippen molar-refractivity contribution in [3.05, 3.63) is 48.5 Å². The molecule has 2 aromatic carbocycles. The summed E-state index contributed by atoms with van der Waals surface area (Å²) in [5.41, 5.74) is 1.96. The average Bonchev–Trinajstić information content (AvgIpc) is 2.33. The molecule has 2 nitrogen and oxygen atoms in total. The Hall–Kier alpha value is -1.96. The summed E-state index contributed by atoms with van der Waals surface area (Å²) in [5, 5.41) is 9.51. The Bertz CT molecular complexity index is 463. The van der Waals surface area contributed by atoms with Crippen molar-refractivity contribution in [3.63, 3.8) is 0 Å². The fourth-order valence-electron chi connectivity index (χ4n) is 1.64. The quantitative estimate of drug-likeness (QED) is 0.847. The Labute approximate surface area is 95.1 Å². The molecule has 0 amide bonds. The van der Waals surface area contributed by atoms with Crippen molar-refractivity contribution in [2.75, 3.05) is 6.61 Å². The molecule has 2 heteroatoms. The smallest absolute Gasteiger partial charge is 0.127 e. The van der Waals surface area contributed by atoms with Crippen LogP contribution in [-0.4, -0.2) is 11.7 Å². The topological polar surface area (TPSA) is 29.5 Å². The Morgan fingerprint density at radius 2 is 1.81 bits per heavy atom. The first-order valence-corrected chi connectivity index (χ1v) is 5.32. The lowest BCUT2D eigenvalue weighted by atomic mass is 10.0. The summed E-state index contributed by atoms with van der Waals surface area (Å²) in [6.45, 7) is 2.56. The number of benzene rings is 2. The zero-order valence-corrected chi connectivity index (χ0v) is 9.18. The lowest BCUT2D eigenvalue weighted by molar-refractivity contribution is 0.341. The van der Waals surface area contributed by atoms with E-state index in [-0.39, 0.29) is 5.75 Å². The number of hydrogen-bond acceptors (Lipinski definition) is 2.